The van der Waals surface area contributed by atoms with Crippen molar-refractivity contribution in [1.82, 2.24) is 5.32 Å². The lowest BCUT2D eigenvalue weighted by Gasteiger charge is -2.22. The third kappa shape index (κ3) is 8.23. The molecule has 2 N–H and O–H groups in total. The third-order valence-corrected chi connectivity index (χ3v) is 5.11. The van der Waals surface area contributed by atoms with Crippen LogP contribution in [0, 0.1) is 0 Å². The molecule has 9 heteroatoms. The Hall–Kier alpha value is -0.960. The number of halogens is 2. The normalized spacial score (nSPS) is 16.8. The molecule has 0 saturated heterocycles. The summed E-state index contributed by atoms with van der Waals surface area (Å²) in [7, 11) is -5.32. The maximum atomic E-state index is 12.9. The Morgan fingerprint density at radius 3 is 2.29 bits per heavy atom. The minimum absolute atomic E-state index is 0.00974. The van der Waals surface area contributed by atoms with Crippen LogP contribution in [0.25, 0.3) is 0 Å². The molecule has 1 rings (SSSR count). The fourth-order valence-electron chi connectivity index (χ4n) is 2.71. The summed E-state index contributed by atoms with van der Waals surface area (Å²) >= 11 is 0. The number of amides is 1. The first-order valence-corrected chi connectivity index (χ1v) is 9.94. The van der Waals surface area contributed by atoms with E-state index in [1.807, 2.05) is 0 Å². The van der Waals surface area contributed by atoms with E-state index in [2.05, 4.69) is 5.32 Å². The monoisotopic (exact) mass is 371 g/mol. The van der Waals surface area contributed by atoms with Crippen molar-refractivity contribution < 1.29 is 31.3 Å². The Bertz CT molecular complexity index is 478. The summed E-state index contributed by atoms with van der Waals surface area (Å²) in [6, 6.07) is 0.204. The summed E-state index contributed by atoms with van der Waals surface area (Å²) in [4.78, 5) is 11.6. The van der Waals surface area contributed by atoms with Crippen molar-refractivity contribution >= 4 is 16.2 Å². The molecule has 0 radical (unpaired) electrons. The molecule has 0 aromatic rings. The van der Waals surface area contributed by atoms with E-state index in [-0.39, 0.29) is 19.1 Å². The van der Waals surface area contributed by atoms with E-state index < -0.39 is 27.9 Å². The molecule has 6 nitrogen and oxygen atoms in total. The van der Waals surface area contributed by atoms with Crippen LogP contribution in [0.3, 0.4) is 0 Å². The first-order valence-electron chi connectivity index (χ1n) is 8.50. The van der Waals surface area contributed by atoms with Crippen LogP contribution >= 0.6 is 0 Å². The Morgan fingerprint density at radius 1 is 1.08 bits per heavy atom. The van der Waals surface area contributed by atoms with E-state index in [0.29, 0.717) is 25.7 Å². The first-order chi connectivity index (χ1) is 11.2. The summed E-state index contributed by atoms with van der Waals surface area (Å²) in [5, 5.41) is -1.24. The molecule has 1 amide bonds. The Labute approximate surface area is 142 Å². The second-order valence-electron chi connectivity index (χ2n) is 6.25. The van der Waals surface area contributed by atoms with Gasteiger partial charge in [0.05, 0.1) is 6.61 Å². The molecule has 1 aliphatic carbocycles. The van der Waals surface area contributed by atoms with E-state index in [1.54, 1.807) is 0 Å². The summed E-state index contributed by atoms with van der Waals surface area (Å²) in [5.74, 6) is 0. The van der Waals surface area contributed by atoms with Gasteiger partial charge >= 0.3 is 21.5 Å². The van der Waals surface area contributed by atoms with Crippen molar-refractivity contribution in [3.05, 3.63) is 0 Å². The van der Waals surface area contributed by atoms with E-state index >= 15 is 0 Å². The molecule has 0 atom stereocenters. The highest BCUT2D eigenvalue weighted by molar-refractivity contribution is 7.86. The fraction of sp³-hybridized carbons (Fsp3) is 0.933. The summed E-state index contributed by atoms with van der Waals surface area (Å²) in [6.07, 6.45) is 6.56. The average molecular weight is 371 g/mol. The molecule has 0 aromatic heterocycles. The largest absolute Gasteiger partial charge is 0.450 e. The van der Waals surface area contributed by atoms with Gasteiger partial charge in [0.1, 0.15) is 0 Å². The van der Waals surface area contributed by atoms with Crippen molar-refractivity contribution in [1.29, 1.82) is 0 Å². The Balaban J connectivity index is 1.97. The molecule has 0 aliphatic heterocycles. The molecular weight excluding hydrogens is 344 g/mol. The van der Waals surface area contributed by atoms with Crippen molar-refractivity contribution in [2.45, 2.75) is 81.9 Å². The highest BCUT2D eigenvalue weighted by Gasteiger charge is 2.42. The predicted molar refractivity (Wildman–Crippen MR) is 85.6 cm³/mol. The highest BCUT2D eigenvalue weighted by Crippen LogP contribution is 2.27. The van der Waals surface area contributed by atoms with E-state index in [1.165, 1.54) is 6.42 Å². The average Bonchev–Trinajstić information content (AvgIpc) is 2.49. The number of ether oxygens (including phenoxy) is 1. The lowest BCUT2D eigenvalue weighted by Crippen LogP contribution is -2.36. The van der Waals surface area contributed by atoms with Gasteiger partial charge in [-0.25, -0.2) is 4.79 Å². The number of carbonyl (C=O) groups is 1. The second kappa shape index (κ2) is 10.1. The molecule has 0 unspecified atom stereocenters. The van der Waals surface area contributed by atoms with E-state index in [0.717, 1.165) is 25.7 Å². The minimum Gasteiger partial charge on any atom is -0.450 e. The molecule has 0 bridgehead atoms. The summed E-state index contributed by atoms with van der Waals surface area (Å²) in [6.45, 7) is 0.278. The second-order valence-corrected chi connectivity index (χ2v) is 7.79. The van der Waals surface area contributed by atoms with Crippen molar-refractivity contribution in [3.8, 4) is 0 Å². The number of rotatable bonds is 10. The molecule has 0 spiro atoms. The molecule has 0 aromatic carbocycles. The molecule has 1 aliphatic rings. The zero-order valence-electron chi connectivity index (χ0n) is 13.8. The number of unbranched alkanes of at least 4 members (excludes halogenated alkanes) is 4. The number of hydrogen-bond donors (Lipinski definition) is 2. The zero-order valence-corrected chi connectivity index (χ0v) is 14.6. The number of hydrogen-bond acceptors (Lipinski definition) is 4. The minimum atomic E-state index is -5.32. The van der Waals surface area contributed by atoms with Crippen LogP contribution in [0.1, 0.15) is 70.6 Å². The maximum absolute atomic E-state index is 12.9. The lowest BCUT2D eigenvalue weighted by atomic mass is 9.96. The van der Waals surface area contributed by atoms with Gasteiger partial charge in [0.2, 0.25) is 0 Å². The van der Waals surface area contributed by atoms with Gasteiger partial charge < -0.3 is 10.1 Å². The first kappa shape index (κ1) is 21.1. The van der Waals surface area contributed by atoms with Gasteiger partial charge in [-0.05, 0) is 25.7 Å². The molecule has 0 heterocycles. The standard InChI is InChI=1S/C15H27F2NO5S/c16-15(17,24(20,21)22)11-7-2-1-3-8-12-23-14(19)18-13-9-5-4-6-10-13/h13H,1-12H2,(H,18,19)(H,20,21,22). The quantitative estimate of drug-likeness (QED) is 0.449. The maximum Gasteiger partial charge on any atom is 0.407 e. The van der Waals surface area contributed by atoms with Crippen molar-refractivity contribution in [3.63, 3.8) is 0 Å². The zero-order chi connectivity index (χ0) is 18.1. The smallest absolute Gasteiger partial charge is 0.407 e. The summed E-state index contributed by atoms with van der Waals surface area (Å²) < 4.78 is 60.1. The van der Waals surface area contributed by atoms with Gasteiger partial charge in [0.15, 0.2) is 0 Å². The third-order valence-electron chi connectivity index (χ3n) is 4.15. The number of carbonyl (C=O) groups excluding carboxylic acids is 1. The van der Waals surface area contributed by atoms with Crippen LogP contribution < -0.4 is 5.32 Å². The number of alkyl carbamates (subject to hydrolysis) is 1. The van der Waals surface area contributed by atoms with Gasteiger partial charge in [0.25, 0.3) is 0 Å². The topological polar surface area (TPSA) is 92.7 Å². The van der Waals surface area contributed by atoms with Crippen molar-refractivity contribution in [2.24, 2.45) is 0 Å². The number of nitrogens with one attached hydrogen (secondary N) is 1. The van der Waals surface area contributed by atoms with Crippen molar-refractivity contribution in [2.75, 3.05) is 6.61 Å². The molecule has 24 heavy (non-hydrogen) atoms. The van der Waals surface area contributed by atoms with Gasteiger partial charge in [0, 0.05) is 12.5 Å². The van der Waals surface area contributed by atoms with Crippen LogP contribution in [0.15, 0.2) is 0 Å². The van der Waals surface area contributed by atoms with E-state index in [9.17, 15) is 22.0 Å². The lowest BCUT2D eigenvalue weighted by molar-refractivity contribution is 0.0682. The number of alkyl halides is 2. The van der Waals surface area contributed by atoms with Crippen LogP contribution in [0.2, 0.25) is 0 Å². The molecule has 1 saturated carbocycles. The van der Waals surface area contributed by atoms with Crippen LogP contribution in [-0.2, 0) is 14.9 Å². The van der Waals surface area contributed by atoms with Crippen LogP contribution in [-0.4, -0.2) is 37.0 Å². The van der Waals surface area contributed by atoms with Gasteiger partial charge in [-0.2, -0.15) is 17.2 Å². The highest BCUT2D eigenvalue weighted by atomic mass is 32.2. The van der Waals surface area contributed by atoms with Gasteiger partial charge in [-0.3, -0.25) is 4.55 Å². The predicted octanol–water partition coefficient (Wildman–Crippen LogP) is 3.87. The molecule has 1 fully saturated rings. The molecule has 142 valence electrons. The fourth-order valence-corrected chi connectivity index (χ4v) is 3.11. The van der Waals surface area contributed by atoms with Crippen LogP contribution in [0.4, 0.5) is 13.6 Å². The van der Waals surface area contributed by atoms with Gasteiger partial charge in [-0.1, -0.05) is 38.5 Å². The van der Waals surface area contributed by atoms with E-state index in [4.69, 9.17) is 9.29 Å². The molecular formula is C15H27F2NO5S. The van der Waals surface area contributed by atoms with Gasteiger partial charge in [-0.15, -0.1) is 0 Å². The Kier molecular flexibility index (Phi) is 8.90. The Morgan fingerprint density at radius 2 is 1.67 bits per heavy atom. The summed E-state index contributed by atoms with van der Waals surface area (Å²) in [5.41, 5.74) is 0. The van der Waals surface area contributed by atoms with Crippen LogP contribution in [0.5, 0.6) is 0 Å². The SMILES string of the molecule is O=C(NC1CCCCC1)OCCCCCCCC(F)(F)S(=O)(=O)O.